The van der Waals surface area contributed by atoms with Crippen molar-refractivity contribution in [2.45, 2.75) is 183 Å². The third-order valence-electron chi connectivity index (χ3n) is 19.4. The molecule has 0 spiro atoms. The van der Waals surface area contributed by atoms with Gasteiger partial charge in [-0.1, -0.05) is 243 Å². The topological polar surface area (TPSA) is 222 Å². The predicted octanol–water partition coefficient (Wildman–Crippen LogP) is 11.2. The molecule has 8 aromatic carbocycles. The minimum absolute atomic E-state index is 0.0437. The Balaban J connectivity index is 0.923. The van der Waals surface area contributed by atoms with Crippen molar-refractivity contribution in [1.82, 2.24) is 0 Å². The fraction of sp³-hybridized carbons (Fsp3) is 0.430. The maximum atomic E-state index is 13.2. The van der Waals surface area contributed by atoms with Crippen LogP contribution in [-0.2, 0) is 152 Å². The molecule has 0 aliphatic carbocycles. The molecule has 4 saturated heterocycles. The van der Waals surface area contributed by atoms with Gasteiger partial charge in [0, 0.05) is 35.4 Å². The highest BCUT2D eigenvalue weighted by molar-refractivity contribution is 5.66. The first-order chi connectivity index (χ1) is 53.1. The third-order valence-corrected chi connectivity index (χ3v) is 19.4. The number of carbonyl (C=O) groups is 1. The summed E-state index contributed by atoms with van der Waals surface area (Å²) in [7, 11) is 6.21. The Hall–Kier alpha value is -7.57. The number of aliphatic hydroxyl groups excluding tert-OH is 1. The first-order valence-corrected chi connectivity index (χ1v) is 36.8. The second-order valence-corrected chi connectivity index (χ2v) is 26.9. The van der Waals surface area contributed by atoms with E-state index in [1.807, 2.05) is 243 Å². The van der Waals surface area contributed by atoms with Gasteiger partial charge < -0.3 is 99.8 Å². The van der Waals surface area contributed by atoms with Gasteiger partial charge in [-0.15, -0.1) is 0 Å². The van der Waals surface area contributed by atoms with E-state index in [1.165, 1.54) is 21.1 Å². The lowest BCUT2D eigenvalue weighted by molar-refractivity contribution is -0.398. The van der Waals surface area contributed by atoms with Crippen molar-refractivity contribution in [3.05, 3.63) is 287 Å². The Kier molecular flexibility index (Phi) is 31.1. The van der Waals surface area contributed by atoms with E-state index >= 15 is 0 Å². The molecule has 108 heavy (non-hydrogen) atoms. The van der Waals surface area contributed by atoms with Crippen LogP contribution in [0.3, 0.4) is 0 Å². The second-order valence-electron chi connectivity index (χ2n) is 26.9. The standard InChI is InChI=1S/C86H100O22/c1-58(87)101-71-68(55-94-47-60-32-16-7-17-33-60)103-84(80(76(71)90-3)98-51-64-40-24-11-25-41-64)107-73-70(57-96-49-62-36-20-9-21-37-62)105-86(82(78(73)92-5)100-53-66-44-28-13-29-45-66)108-74-69(56-95-48-61-34-18-8-19-35-61)104-85(81(77(74)91-4)99-52-65-42-26-12-27-43-65)106-72-67(54-93-46-59-30-14-6-15-31-59)102-83(88)79(75(72)89-2)97-50-63-38-22-10-23-39-63/h6-45,67-86,88H,46-57H2,1-5H3/t67-,68-,69-,70-,71-,72-,73-,74-,75+,76+,77+,78+,79+,80+,81+,82+,83+,84-,85-,86-/m1/s1. The van der Waals surface area contributed by atoms with Gasteiger partial charge in [-0.05, 0) is 44.5 Å². The highest BCUT2D eigenvalue weighted by Gasteiger charge is 2.59. The Morgan fingerprint density at radius 2 is 0.491 bits per heavy atom. The fourth-order valence-electron chi connectivity index (χ4n) is 14.0. The van der Waals surface area contributed by atoms with Crippen LogP contribution < -0.4 is 0 Å². The molecular weight excluding hydrogens is 1380 g/mol. The van der Waals surface area contributed by atoms with Crippen molar-refractivity contribution in [3.63, 3.8) is 0 Å². The zero-order valence-electron chi connectivity index (χ0n) is 61.6. The lowest BCUT2D eigenvalue weighted by Gasteiger charge is -2.52. The van der Waals surface area contributed by atoms with Crippen LogP contribution in [0.5, 0.6) is 0 Å². The van der Waals surface area contributed by atoms with Gasteiger partial charge >= 0.3 is 5.97 Å². The van der Waals surface area contributed by atoms with Gasteiger partial charge in [-0.25, -0.2) is 0 Å². The molecule has 22 nitrogen and oxygen atoms in total. The Labute approximate surface area is 632 Å². The largest absolute Gasteiger partial charge is 0.457 e. The van der Waals surface area contributed by atoms with Crippen molar-refractivity contribution >= 4 is 5.97 Å². The molecule has 0 amide bonds. The molecular formula is C86H100O22. The van der Waals surface area contributed by atoms with Gasteiger partial charge in [0.25, 0.3) is 0 Å². The van der Waals surface area contributed by atoms with Crippen LogP contribution in [-0.4, -0.2) is 189 Å². The van der Waals surface area contributed by atoms with Crippen LogP contribution in [0.2, 0.25) is 0 Å². The monoisotopic (exact) mass is 1480 g/mol. The first-order valence-electron chi connectivity index (χ1n) is 36.8. The van der Waals surface area contributed by atoms with E-state index < -0.39 is 129 Å². The normalized spacial score (nSPS) is 28.6. The lowest BCUT2D eigenvalue weighted by atomic mass is 9.94. The molecule has 4 heterocycles. The molecule has 4 aliphatic heterocycles. The van der Waals surface area contributed by atoms with Crippen molar-refractivity contribution in [2.24, 2.45) is 0 Å². The van der Waals surface area contributed by atoms with Gasteiger partial charge in [-0.2, -0.15) is 0 Å². The van der Waals surface area contributed by atoms with E-state index in [1.54, 1.807) is 14.2 Å². The Bertz CT molecular complexity index is 3790. The van der Waals surface area contributed by atoms with E-state index in [2.05, 4.69) is 0 Å². The van der Waals surface area contributed by atoms with Crippen LogP contribution in [0.15, 0.2) is 243 Å². The fourth-order valence-corrected chi connectivity index (χ4v) is 14.0. The lowest BCUT2D eigenvalue weighted by Crippen LogP contribution is -2.69. The minimum Gasteiger partial charge on any atom is -0.457 e. The van der Waals surface area contributed by atoms with Crippen LogP contribution in [0.1, 0.15) is 51.4 Å². The summed E-state index contributed by atoms with van der Waals surface area (Å²) in [6.45, 7) is 2.22. The highest BCUT2D eigenvalue weighted by Crippen LogP contribution is 2.40. The quantitative estimate of drug-likeness (QED) is 0.0354. The summed E-state index contributed by atoms with van der Waals surface area (Å²) < 4.78 is 137. The molecule has 4 fully saturated rings. The van der Waals surface area contributed by atoms with Crippen molar-refractivity contribution < 1.29 is 105 Å². The van der Waals surface area contributed by atoms with Gasteiger partial charge in [0.1, 0.15) is 91.6 Å². The highest BCUT2D eigenvalue weighted by atomic mass is 16.8. The summed E-state index contributed by atoms with van der Waals surface area (Å²) in [6.07, 6.45) is -22.3. The van der Waals surface area contributed by atoms with Crippen molar-refractivity contribution in [1.29, 1.82) is 0 Å². The molecule has 0 saturated carbocycles. The number of benzene rings is 8. The maximum Gasteiger partial charge on any atom is 0.303 e. The SMILES string of the molecule is CO[C@@H]1[C@H](OCc2ccccc2)[C@@H](O[C@H]2[C@H](OC)[C@H](OCc3ccccc3)[C@@H](O[C@H]3[C@H](OC)[C@H](OCc4ccccc4)[C@@H](O[C@H]4[C@H](OC)[C@H](OCc5ccccc5)[C@@H](O)O[C@@H]4COCc4ccccc4)O[C@@H]3COCc3ccccc3)O[C@@H]2COCc2ccccc2)O[C@H](COCc2ccccc2)[C@H]1OC(C)=O. The van der Waals surface area contributed by atoms with Gasteiger partial charge in [-0.3, -0.25) is 4.79 Å². The number of rotatable bonds is 39. The molecule has 22 heteroatoms. The predicted molar refractivity (Wildman–Crippen MR) is 395 cm³/mol. The summed E-state index contributed by atoms with van der Waals surface area (Å²) in [5.74, 6) is -0.562. The van der Waals surface area contributed by atoms with Crippen LogP contribution in [0.25, 0.3) is 0 Å². The van der Waals surface area contributed by atoms with E-state index in [9.17, 15) is 9.90 Å². The molecule has 0 unspecified atom stereocenters. The van der Waals surface area contributed by atoms with Gasteiger partial charge in [0.2, 0.25) is 0 Å². The number of carbonyl (C=O) groups excluding carboxylic acids is 1. The smallest absolute Gasteiger partial charge is 0.303 e. The molecule has 12 rings (SSSR count). The van der Waals surface area contributed by atoms with Gasteiger partial charge in [0.15, 0.2) is 31.3 Å². The summed E-state index contributed by atoms with van der Waals surface area (Å²) in [4.78, 5) is 13.2. The average Bonchev–Trinajstić information content (AvgIpc) is 0.769. The molecule has 8 aromatic rings. The van der Waals surface area contributed by atoms with Crippen molar-refractivity contribution in [3.8, 4) is 0 Å². The third kappa shape index (κ3) is 22.4. The van der Waals surface area contributed by atoms with E-state index in [-0.39, 0.29) is 79.3 Å². The number of ether oxygens (including phenoxy) is 20. The van der Waals surface area contributed by atoms with Crippen LogP contribution >= 0.6 is 0 Å². The maximum absolute atomic E-state index is 13.2. The molecule has 1 N–H and O–H groups in total. The zero-order valence-corrected chi connectivity index (χ0v) is 61.6. The summed E-state index contributed by atoms with van der Waals surface area (Å²) in [5, 5.41) is 12.0. The number of hydrogen-bond acceptors (Lipinski definition) is 22. The molecule has 0 bridgehead atoms. The average molecular weight is 1490 g/mol. The number of methoxy groups -OCH3 is 4. The van der Waals surface area contributed by atoms with E-state index in [0.29, 0.717) is 0 Å². The Morgan fingerprint density at radius 3 is 0.741 bits per heavy atom. The molecule has 4 aliphatic rings. The zero-order chi connectivity index (χ0) is 74.7. The van der Waals surface area contributed by atoms with Gasteiger partial charge in [0.05, 0.1) is 79.3 Å². The van der Waals surface area contributed by atoms with Crippen molar-refractivity contribution in [2.75, 3.05) is 54.9 Å². The molecule has 0 aromatic heterocycles. The molecule has 0 radical (unpaired) electrons. The van der Waals surface area contributed by atoms with E-state index in [4.69, 9.17) is 94.7 Å². The van der Waals surface area contributed by atoms with E-state index in [0.717, 1.165) is 44.5 Å². The molecule has 576 valence electrons. The number of aliphatic hydroxyl groups is 1. The Morgan fingerprint density at radius 1 is 0.278 bits per heavy atom. The minimum atomic E-state index is -1.47. The summed E-state index contributed by atoms with van der Waals surface area (Å²) >= 11 is 0. The molecule has 20 atom stereocenters. The first kappa shape index (κ1) is 80.0. The number of esters is 1. The number of hydrogen-bond donors (Lipinski definition) is 1. The van der Waals surface area contributed by atoms with Crippen LogP contribution in [0.4, 0.5) is 0 Å². The summed E-state index contributed by atoms with van der Waals surface area (Å²) in [5.41, 5.74) is 7.06. The summed E-state index contributed by atoms with van der Waals surface area (Å²) in [6, 6.07) is 77.7. The second kappa shape index (κ2) is 42.0. The van der Waals surface area contributed by atoms with Crippen LogP contribution in [0, 0.1) is 0 Å².